The van der Waals surface area contributed by atoms with Crippen molar-refractivity contribution in [3.8, 4) is 0 Å². The number of aliphatic hydroxyl groups is 1. The van der Waals surface area contributed by atoms with Gasteiger partial charge in [0.15, 0.2) is 0 Å². The van der Waals surface area contributed by atoms with Crippen LogP contribution in [-0.2, 0) is 4.79 Å². The molecule has 2 N–H and O–H groups in total. The van der Waals surface area contributed by atoms with Crippen molar-refractivity contribution < 1.29 is 23.5 Å². The number of carbonyl (C=O) groups excluding carboxylic acids is 2. The number of aliphatic hydroxyl groups excluding tert-OH is 1. The lowest BCUT2D eigenvalue weighted by molar-refractivity contribution is -0.132. The van der Waals surface area contributed by atoms with Gasteiger partial charge in [-0.05, 0) is 37.5 Å². The summed E-state index contributed by atoms with van der Waals surface area (Å²) in [5.41, 5.74) is -1.34. The highest BCUT2D eigenvalue weighted by Crippen LogP contribution is 2.27. The van der Waals surface area contributed by atoms with Gasteiger partial charge in [-0.15, -0.1) is 0 Å². The van der Waals surface area contributed by atoms with Crippen molar-refractivity contribution in [3.63, 3.8) is 0 Å². The molecular weight excluding hydrogens is 306 g/mol. The number of β-amino-alcohol motifs (C(OH)–C–C–N with tert-alkyl or cyclic N) is 1. The van der Waals surface area contributed by atoms with Crippen LogP contribution in [-0.4, -0.2) is 34.0 Å². The topological polar surface area (TPSA) is 69.6 Å². The molecule has 1 aromatic carbocycles. The molecular formula is C16H20F2N2O3. The van der Waals surface area contributed by atoms with Gasteiger partial charge in [-0.1, -0.05) is 13.8 Å². The summed E-state index contributed by atoms with van der Waals surface area (Å²) >= 11 is 0. The lowest BCUT2D eigenvalue weighted by Gasteiger charge is -2.24. The molecule has 126 valence electrons. The highest BCUT2D eigenvalue weighted by Gasteiger charge is 2.48. The number of urea groups is 1. The van der Waals surface area contributed by atoms with Crippen LogP contribution in [0.25, 0.3) is 0 Å². The smallest absolute Gasteiger partial charge is 0.325 e. The molecule has 1 saturated heterocycles. The minimum absolute atomic E-state index is 0.176. The number of nitrogens with one attached hydrogen (secondary N) is 1. The summed E-state index contributed by atoms with van der Waals surface area (Å²) in [5.74, 6) is -1.81. The van der Waals surface area contributed by atoms with Gasteiger partial charge in [-0.25, -0.2) is 13.6 Å². The monoisotopic (exact) mass is 326 g/mol. The van der Waals surface area contributed by atoms with Gasteiger partial charge in [-0.2, -0.15) is 0 Å². The molecule has 2 unspecified atom stereocenters. The number of carbonyl (C=O) groups is 2. The van der Waals surface area contributed by atoms with E-state index in [-0.39, 0.29) is 11.5 Å². The fraction of sp³-hybridized carbons (Fsp3) is 0.500. The van der Waals surface area contributed by atoms with E-state index in [9.17, 15) is 23.5 Å². The molecule has 3 amide bonds. The summed E-state index contributed by atoms with van der Waals surface area (Å²) in [7, 11) is 0. The van der Waals surface area contributed by atoms with Crippen LogP contribution < -0.4 is 5.32 Å². The fourth-order valence-electron chi connectivity index (χ4n) is 2.91. The molecule has 1 fully saturated rings. The number of imide groups is 1. The molecule has 7 heteroatoms. The van der Waals surface area contributed by atoms with Gasteiger partial charge >= 0.3 is 6.03 Å². The zero-order valence-corrected chi connectivity index (χ0v) is 13.3. The first-order chi connectivity index (χ1) is 10.6. The lowest BCUT2D eigenvalue weighted by Crippen LogP contribution is -2.45. The number of nitrogens with zero attached hydrogens (tertiary/aromatic N) is 1. The van der Waals surface area contributed by atoms with E-state index < -0.39 is 41.8 Å². The molecule has 2 atom stereocenters. The van der Waals surface area contributed by atoms with Crippen molar-refractivity contribution in [3.05, 3.63) is 35.4 Å². The fourth-order valence-corrected chi connectivity index (χ4v) is 2.91. The van der Waals surface area contributed by atoms with Crippen LogP contribution in [0.15, 0.2) is 18.2 Å². The molecule has 0 aliphatic carbocycles. The molecule has 0 bridgehead atoms. The molecule has 2 rings (SSSR count). The minimum Gasteiger partial charge on any atom is -0.386 e. The number of amides is 3. The average Bonchev–Trinajstić information content (AvgIpc) is 2.64. The van der Waals surface area contributed by atoms with Crippen molar-refractivity contribution in [2.75, 3.05) is 6.54 Å². The Morgan fingerprint density at radius 3 is 2.57 bits per heavy atom. The largest absolute Gasteiger partial charge is 0.386 e. The van der Waals surface area contributed by atoms with E-state index in [0.29, 0.717) is 6.42 Å². The van der Waals surface area contributed by atoms with Crippen LogP contribution in [0.1, 0.15) is 38.9 Å². The minimum atomic E-state index is -1.50. The molecule has 1 aliphatic rings. The number of rotatable bonds is 5. The van der Waals surface area contributed by atoms with Crippen LogP contribution in [0.3, 0.4) is 0 Å². The van der Waals surface area contributed by atoms with Crippen molar-refractivity contribution >= 4 is 11.9 Å². The van der Waals surface area contributed by atoms with Gasteiger partial charge in [-0.3, -0.25) is 9.69 Å². The summed E-state index contributed by atoms with van der Waals surface area (Å²) in [5, 5.41) is 12.7. The summed E-state index contributed by atoms with van der Waals surface area (Å²) < 4.78 is 26.9. The standard InChI is InChI=1S/C16H20F2N2O3/c1-9(2)7-16(3)14(22)20(15(23)19-16)8-13(21)11-6-10(17)4-5-12(11)18/h4-6,9,13,21H,7-8H2,1-3H3,(H,19,23). The quantitative estimate of drug-likeness (QED) is 0.816. The molecule has 1 heterocycles. The Morgan fingerprint density at radius 2 is 1.96 bits per heavy atom. The summed E-state index contributed by atoms with van der Waals surface area (Å²) in [6.45, 7) is 5.02. The van der Waals surface area contributed by atoms with Crippen molar-refractivity contribution in [2.24, 2.45) is 5.92 Å². The van der Waals surface area contributed by atoms with Gasteiger partial charge < -0.3 is 10.4 Å². The van der Waals surface area contributed by atoms with Gasteiger partial charge in [0.2, 0.25) is 0 Å². The van der Waals surface area contributed by atoms with E-state index >= 15 is 0 Å². The molecule has 0 spiro atoms. The molecule has 1 aromatic rings. The van der Waals surface area contributed by atoms with E-state index in [2.05, 4.69) is 5.32 Å². The van der Waals surface area contributed by atoms with Crippen LogP contribution in [0, 0.1) is 17.6 Å². The van der Waals surface area contributed by atoms with Gasteiger partial charge in [0.25, 0.3) is 5.91 Å². The Hall–Kier alpha value is -2.02. The van der Waals surface area contributed by atoms with Crippen molar-refractivity contribution in [2.45, 2.75) is 38.8 Å². The SMILES string of the molecule is CC(C)CC1(C)NC(=O)N(CC(O)c2cc(F)ccc2F)C1=O. The predicted molar refractivity (Wildman–Crippen MR) is 79.4 cm³/mol. The highest BCUT2D eigenvalue weighted by atomic mass is 19.1. The number of hydrogen-bond acceptors (Lipinski definition) is 3. The highest BCUT2D eigenvalue weighted by molar-refractivity contribution is 6.06. The first-order valence-electron chi connectivity index (χ1n) is 7.41. The number of benzene rings is 1. The third kappa shape index (κ3) is 3.50. The summed E-state index contributed by atoms with van der Waals surface area (Å²) in [4.78, 5) is 25.3. The van der Waals surface area contributed by atoms with Crippen LogP contribution in [0.4, 0.5) is 13.6 Å². The number of halogens is 2. The van der Waals surface area contributed by atoms with E-state index in [0.717, 1.165) is 23.1 Å². The Kier molecular flexibility index (Phi) is 4.70. The first kappa shape index (κ1) is 17.3. The Bertz CT molecular complexity index is 636. The van der Waals surface area contributed by atoms with Crippen LogP contribution >= 0.6 is 0 Å². The Balaban J connectivity index is 2.18. The van der Waals surface area contributed by atoms with Crippen LogP contribution in [0.5, 0.6) is 0 Å². The zero-order valence-electron chi connectivity index (χ0n) is 13.3. The Labute approximate surface area is 133 Å². The molecule has 0 radical (unpaired) electrons. The first-order valence-corrected chi connectivity index (χ1v) is 7.41. The second-order valence-electron chi connectivity index (χ2n) is 6.46. The second-order valence-corrected chi connectivity index (χ2v) is 6.46. The summed E-state index contributed by atoms with van der Waals surface area (Å²) in [6.07, 6.45) is -1.06. The van der Waals surface area contributed by atoms with Crippen LogP contribution in [0.2, 0.25) is 0 Å². The molecule has 0 saturated carbocycles. The van der Waals surface area contributed by atoms with Gasteiger partial charge in [0.05, 0.1) is 6.54 Å². The maximum Gasteiger partial charge on any atom is 0.325 e. The maximum atomic E-state index is 13.7. The zero-order chi connectivity index (χ0) is 17.4. The Morgan fingerprint density at radius 1 is 1.30 bits per heavy atom. The molecule has 1 aliphatic heterocycles. The van der Waals surface area contributed by atoms with E-state index in [1.54, 1.807) is 6.92 Å². The van der Waals surface area contributed by atoms with E-state index in [1.807, 2.05) is 13.8 Å². The predicted octanol–water partition coefficient (Wildman–Crippen LogP) is 2.35. The lowest BCUT2D eigenvalue weighted by atomic mass is 9.91. The van der Waals surface area contributed by atoms with Crippen molar-refractivity contribution in [1.29, 1.82) is 0 Å². The number of hydrogen-bond donors (Lipinski definition) is 2. The van der Waals surface area contributed by atoms with Crippen molar-refractivity contribution in [1.82, 2.24) is 10.2 Å². The second kappa shape index (κ2) is 6.23. The average molecular weight is 326 g/mol. The molecule has 5 nitrogen and oxygen atoms in total. The van der Waals surface area contributed by atoms with E-state index in [1.165, 1.54) is 0 Å². The maximum absolute atomic E-state index is 13.7. The van der Waals surface area contributed by atoms with E-state index in [4.69, 9.17) is 0 Å². The normalized spacial score (nSPS) is 22.7. The third-order valence-electron chi connectivity index (χ3n) is 3.83. The van der Waals surface area contributed by atoms with Gasteiger partial charge in [0, 0.05) is 5.56 Å². The third-order valence-corrected chi connectivity index (χ3v) is 3.83. The van der Waals surface area contributed by atoms with Gasteiger partial charge in [0.1, 0.15) is 23.3 Å². The molecule has 23 heavy (non-hydrogen) atoms. The molecule has 0 aromatic heterocycles. The summed E-state index contributed by atoms with van der Waals surface area (Å²) in [6, 6.07) is 2.03.